The van der Waals surface area contributed by atoms with Crippen LogP contribution in [0.1, 0.15) is 27.9 Å². The van der Waals surface area contributed by atoms with E-state index in [0.717, 1.165) is 5.56 Å². The summed E-state index contributed by atoms with van der Waals surface area (Å²) >= 11 is 0. The predicted octanol–water partition coefficient (Wildman–Crippen LogP) is 1.40. The third kappa shape index (κ3) is 2.77. The summed E-state index contributed by atoms with van der Waals surface area (Å²) in [5, 5.41) is 9.16. The van der Waals surface area contributed by atoms with Gasteiger partial charge in [0.1, 0.15) is 6.33 Å². The van der Waals surface area contributed by atoms with Gasteiger partial charge in [0.15, 0.2) is 0 Å². The normalized spacial score (nSPS) is 11.3. The second kappa shape index (κ2) is 5.96. The van der Waals surface area contributed by atoms with Crippen molar-refractivity contribution in [1.29, 1.82) is 0 Å². The zero-order chi connectivity index (χ0) is 16.6. The Morgan fingerprint density at radius 3 is 2.70 bits per heavy atom. The molecule has 2 heterocycles. The van der Waals surface area contributed by atoms with Crippen molar-refractivity contribution < 1.29 is 5.11 Å². The Bertz CT molecular complexity index is 924. The molecule has 0 aliphatic rings. The molecule has 0 atom stereocenters. The van der Waals surface area contributed by atoms with Crippen molar-refractivity contribution in [2.75, 3.05) is 6.61 Å². The van der Waals surface area contributed by atoms with Gasteiger partial charge in [0.05, 0.1) is 12.2 Å². The van der Waals surface area contributed by atoms with E-state index in [1.807, 2.05) is 0 Å². The molecular weight excluding hydrogens is 292 g/mol. The molecule has 0 bridgehead atoms. The zero-order valence-corrected chi connectivity index (χ0v) is 13.6. The summed E-state index contributed by atoms with van der Waals surface area (Å²) in [7, 11) is 0. The van der Waals surface area contributed by atoms with Gasteiger partial charge in [-0.05, 0) is 31.9 Å². The molecule has 0 amide bonds. The summed E-state index contributed by atoms with van der Waals surface area (Å²) in [5.41, 5.74) is 4.51. The van der Waals surface area contributed by atoms with Crippen LogP contribution >= 0.6 is 0 Å². The molecule has 0 radical (unpaired) electrons. The first-order valence-corrected chi connectivity index (χ1v) is 7.62. The second-order valence-corrected chi connectivity index (χ2v) is 5.84. The minimum absolute atomic E-state index is 0.0744. The third-order valence-electron chi connectivity index (χ3n) is 4.10. The second-order valence-electron chi connectivity index (χ2n) is 5.84. The maximum absolute atomic E-state index is 12.7. The highest BCUT2D eigenvalue weighted by Gasteiger charge is 2.13. The highest BCUT2D eigenvalue weighted by Crippen LogP contribution is 2.12. The van der Waals surface area contributed by atoms with Gasteiger partial charge in [-0.1, -0.05) is 23.8 Å². The monoisotopic (exact) mass is 312 g/mol. The first-order chi connectivity index (χ1) is 11.0. The van der Waals surface area contributed by atoms with Crippen molar-refractivity contribution in [3.05, 3.63) is 62.8 Å². The third-order valence-corrected chi connectivity index (χ3v) is 4.10. The fourth-order valence-electron chi connectivity index (χ4n) is 2.83. The van der Waals surface area contributed by atoms with Gasteiger partial charge in [-0.15, -0.1) is 0 Å². The molecule has 120 valence electrons. The van der Waals surface area contributed by atoms with Crippen LogP contribution in [0.25, 0.3) is 5.78 Å². The molecule has 1 aromatic carbocycles. The molecule has 23 heavy (non-hydrogen) atoms. The van der Waals surface area contributed by atoms with E-state index in [1.54, 1.807) is 17.9 Å². The van der Waals surface area contributed by atoms with Gasteiger partial charge in [-0.25, -0.2) is 4.98 Å². The summed E-state index contributed by atoms with van der Waals surface area (Å²) in [5.74, 6) is 0.388. The molecule has 0 unspecified atom stereocenters. The zero-order valence-electron chi connectivity index (χ0n) is 13.6. The SMILES string of the molecule is Cc1ccc(Cn2cnc3nc(C)c(CCO)c(=O)n32)c(C)c1. The summed E-state index contributed by atoms with van der Waals surface area (Å²) in [6, 6.07) is 6.25. The summed E-state index contributed by atoms with van der Waals surface area (Å²) in [6.07, 6.45) is 1.93. The molecular formula is C17H20N4O2. The Kier molecular flexibility index (Phi) is 4.00. The summed E-state index contributed by atoms with van der Waals surface area (Å²) in [4.78, 5) is 21.3. The van der Waals surface area contributed by atoms with Crippen molar-refractivity contribution >= 4 is 5.78 Å². The Morgan fingerprint density at radius 1 is 1.22 bits per heavy atom. The van der Waals surface area contributed by atoms with Gasteiger partial charge >= 0.3 is 0 Å². The molecule has 0 saturated carbocycles. The lowest BCUT2D eigenvalue weighted by atomic mass is 10.1. The molecule has 0 saturated heterocycles. The maximum Gasteiger partial charge on any atom is 0.277 e. The van der Waals surface area contributed by atoms with Gasteiger partial charge in [0.2, 0.25) is 0 Å². The molecule has 0 spiro atoms. The van der Waals surface area contributed by atoms with Gasteiger partial charge in [-0.2, -0.15) is 9.50 Å². The van der Waals surface area contributed by atoms with E-state index in [1.165, 1.54) is 15.6 Å². The highest BCUT2D eigenvalue weighted by atomic mass is 16.3. The van der Waals surface area contributed by atoms with E-state index in [-0.39, 0.29) is 12.2 Å². The van der Waals surface area contributed by atoms with Crippen LogP contribution in [-0.4, -0.2) is 30.9 Å². The van der Waals surface area contributed by atoms with E-state index in [2.05, 4.69) is 42.0 Å². The van der Waals surface area contributed by atoms with Crippen LogP contribution in [0.2, 0.25) is 0 Å². The number of benzene rings is 1. The smallest absolute Gasteiger partial charge is 0.277 e. The first kappa shape index (κ1) is 15.4. The van der Waals surface area contributed by atoms with Crippen molar-refractivity contribution in [2.24, 2.45) is 0 Å². The summed E-state index contributed by atoms with van der Waals surface area (Å²) < 4.78 is 3.25. The van der Waals surface area contributed by atoms with Gasteiger partial charge < -0.3 is 5.11 Å². The van der Waals surface area contributed by atoms with Crippen LogP contribution in [0.15, 0.2) is 29.3 Å². The number of fused-ring (bicyclic) bond motifs is 1. The van der Waals surface area contributed by atoms with Crippen molar-refractivity contribution in [2.45, 2.75) is 33.7 Å². The molecule has 3 rings (SSSR count). The van der Waals surface area contributed by atoms with Crippen LogP contribution in [0, 0.1) is 20.8 Å². The number of hydrogen-bond acceptors (Lipinski definition) is 4. The van der Waals surface area contributed by atoms with E-state index in [0.29, 0.717) is 30.0 Å². The minimum Gasteiger partial charge on any atom is -0.396 e. The number of aliphatic hydroxyl groups excluding tert-OH is 1. The molecule has 6 nitrogen and oxygen atoms in total. The average Bonchev–Trinajstić information content (AvgIpc) is 2.89. The fourth-order valence-corrected chi connectivity index (χ4v) is 2.83. The lowest BCUT2D eigenvalue weighted by molar-refractivity contribution is 0.298. The average molecular weight is 312 g/mol. The van der Waals surface area contributed by atoms with Crippen molar-refractivity contribution in [3.8, 4) is 0 Å². The van der Waals surface area contributed by atoms with Crippen LogP contribution < -0.4 is 5.56 Å². The lowest BCUT2D eigenvalue weighted by Gasteiger charge is -2.10. The Labute approximate surface area is 134 Å². The summed E-state index contributed by atoms with van der Waals surface area (Å²) in [6.45, 7) is 6.36. The van der Waals surface area contributed by atoms with Crippen LogP contribution in [0.3, 0.4) is 0 Å². The number of rotatable bonds is 4. The number of aryl methyl sites for hydroxylation is 3. The van der Waals surface area contributed by atoms with Crippen molar-refractivity contribution in [1.82, 2.24) is 19.2 Å². The Balaban J connectivity index is 2.11. The quantitative estimate of drug-likeness (QED) is 0.790. The lowest BCUT2D eigenvalue weighted by Crippen LogP contribution is -2.27. The fraction of sp³-hybridized carbons (Fsp3) is 0.353. The first-order valence-electron chi connectivity index (χ1n) is 7.62. The van der Waals surface area contributed by atoms with Gasteiger partial charge in [-0.3, -0.25) is 9.48 Å². The molecule has 2 aromatic heterocycles. The Hall–Kier alpha value is -2.47. The van der Waals surface area contributed by atoms with Crippen molar-refractivity contribution in [3.63, 3.8) is 0 Å². The molecule has 6 heteroatoms. The standard InChI is InChI=1S/C17H20N4O2/c1-11-4-5-14(12(2)8-11)9-20-10-18-17-19-13(3)15(6-7-22)16(23)21(17)20/h4-5,8,10,22H,6-7,9H2,1-3H3. The molecule has 0 fully saturated rings. The highest BCUT2D eigenvalue weighted by molar-refractivity contribution is 5.33. The van der Waals surface area contributed by atoms with Crippen LogP contribution in [0.5, 0.6) is 0 Å². The van der Waals surface area contributed by atoms with E-state index in [4.69, 9.17) is 5.11 Å². The van der Waals surface area contributed by atoms with Crippen LogP contribution in [0.4, 0.5) is 0 Å². The van der Waals surface area contributed by atoms with E-state index < -0.39 is 0 Å². The number of aliphatic hydroxyl groups is 1. The number of nitrogens with zero attached hydrogens (tertiary/aromatic N) is 4. The number of aromatic nitrogens is 4. The number of hydrogen-bond donors (Lipinski definition) is 1. The Morgan fingerprint density at radius 2 is 2.00 bits per heavy atom. The molecule has 0 aliphatic carbocycles. The van der Waals surface area contributed by atoms with Gasteiger partial charge in [0, 0.05) is 18.6 Å². The predicted molar refractivity (Wildman–Crippen MR) is 87.8 cm³/mol. The molecule has 3 aromatic rings. The van der Waals surface area contributed by atoms with Crippen LogP contribution in [-0.2, 0) is 13.0 Å². The minimum atomic E-state index is -0.163. The molecule has 0 aliphatic heterocycles. The van der Waals surface area contributed by atoms with E-state index >= 15 is 0 Å². The topological polar surface area (TPSA) is 72.4 Å². The van der Waals surface area contributed by atoms with E-state index in [9.17, 15) is 4.79 Å². The largest absolute Gasteiger partial charge is 0.396 e. The maximum atomic E-state index is 12.7. The molecule has 1 N–H and O–H groups in total. The van der Waals surface area contributed by atoms with Gasteiger partial charge in [0.25, 0.3) is 11.3 Å².